The van der Waals surface area contributed by atoms with Gasteiger partial charge in [-0.1, -0.05) is 22.0 Å². The second kappa shape index (κ2) is 5.65. The third kappa shape index (κ3) is 3.07. The van der Waals surface area contributed by atoms with Crippen molar-refractivity contribution in [3.63, 3.8) is 0 Å². The van der Waals surface area contributed by atoms with Crippen molar-refractivity contribution >= 4 is 27.5 Å². The van der Waals surface area contributed by atoms with Crippen LogP contribution in [-0.4, -0.2) is 18.6 Å². The van der Waals surface area contributed by atoms with Crippen molar-refractivity contribution in [2.75, 3.05) is 11.9 Å². The predicted octanol–water partition coefficient (Wildman–Crippen LogP) is 3.27. The first kappa shape index (κ1) is 12.6. The van der Waals surface area contributed by atoms with Crippen LogP contribution in [0.3, 0.4) is 0 Å². The summed E-state index contributed by atoms with van der Waals surface area (Å²) >= 11 is 3.45. The number of amides is 1. The second-order valence-corrected chi connectivity index (χ2v) is 5.11. The van der Waals surface area contributed by atoms with E-state index in [2.05, 4.69) is 21.2 Å². The molecule has 1 fully saturated rings. The van der Waals surface area contributed by atoms with E-state index < -0.39 is 0 Å². The number of carbonyl (C=O) groups excluding carboxylic acids is 1. The Morgan fingerprint density at radius 2 is 2.29 bits per heavy atom. The maximum atomic E-state index is 12.0. The summed E-state index contributed by atoms with van der Waals surface area (Å²) in [6.07, 6.45) is 2.65. The lowest BCUT2D eigenvalue weighted by atomic mass is 10.1. The van der Waals surface area contributed by atoms with Crippen LogP contribution in [-0.2, 0) is 9.53 Å². The number of rotatable bonds is 2. The number of hydrogen-bond acceptors (Lipinski definition) is 2. The molecule has 1 saturated heterocycles. The lowest BCUT2D eigenvalue weighted by molar-refractivity contribution is -0.129. The highest BCUT2D eigenvalue weighted by Crippen LogP contribution is 2.24. The lowest BCUT2D eigenvalue weighted by Gasteiger charge is -2.22. The minimum absolute atomic E-state index is 0.0362. The van der Waals surface area contributed by atoms with E-state index in [-0.39, 0.29) is 12.0 Å². The predicted molar refractivity (Wildman–Crippen MR) is 71.1 cm³/mol. The monoisotopic (exact) mass is 297 g/mol. The van der Waals surface area contributed by atoms with E-state index in [0.717, 1.165) is 35.0 Å². The number of ether oxygens (including phenoxy) is 1. The molecular weight excluding hydrogens is 282 g/mol. The fourth-order valence-electron chi connectivity index (χ4n) is 1.90. The van der Waals surface area contributed by atoms with Crippen molar-refractivity contribution in [1.82, 2.24) is 0 Å². The van der Waals surface area contributed by atoms with Crippen molar-refractivity contribution in [3.05, 3.63) is 28.2 Å². The first-order chi connectivity index (χ1) is 8.18. The van der Waals surface area contributed by atoms with E-state index in [0.29, 0.717) is 6.61 Å². The van der Waals surface area contributed by atoms with E-state index in [4.69, 9.17) is 4.74 Å². The van der Waals surface area contributed by atoms with Gasteiger partial charge in [0, 0.05) is 16.8 Å². The number of halogens is 1. The highest BCUT2D eigenvalue weighted by atomic mass is 79.9. The molecule has 1 unspecified atom stereocenters. The molecule has 1 atom stereocenters. The summed E-state index contributed by atoms with van der Waals surface area (Å²) < 4.78 is 6.46. The van der Waals surface area contributed by atoms with Crippen molar-refractivity contribution in [1.29, 1.82) is 0 Å². The molecular formula is C13H16BrNO2. The van der Waals surface area contributed by atoms with Gasteiger partial charge in [0.2, 0.25) is 0 Å². The molecule has 3 nitrogen and oxygen atoms in total. The Morgan fingerprint density at radius 1 is 1.47 bits per heavy atom. The third-order valence-electron chi connectivity index (χ3n) is 3.00. The van der Waals surface area contributed by atoms with Crippen LogP contribution in [0.5, 0.6) is 0 Å². The highest BCUT2D eigenvalue weighted by Gasteiger charge is 2.22. The van der Waals surface area contributed by atoms with Crippen LogP contribution in [0.2, 0.25) is 0 Å². The number of carbonyl (C=O) groups is 1. The fourth-order valence-corrected chi connectivity index (χ4v) is 2.27. The van der Waals surface area contributed by atoms with Crippen molar-refractivity contribution < 1.29 is 9.53 Å². The standard InChI is InChI=1S/C13H16BrNO2/c1-9-10(14)5-4-6-11(9)15-13(16)12-7-2-3-8-17-12/h4-6,12H,2-3,7-8H2,1H3,(H,15,16). The summed E-state index contributed by atoms with van der Waals surface area (Å²) in [5.74, 6) is -0.0362. The van der Waals surface area contributed by atoms with Crippen LogP contribution in [0.25, 0.3) is 0 Å². The topological polar surface area (TPSA) is 38.3 Å². The third-order valence-corrected chi connectivity index (χ3v) is 3.86. The Hall–Kier alpha value is -0.870. The second-order valence-electron chi connectivity index (χ2n) is 4.26. The quantitative estimate of drug-likeness (QED) is 0.910. The van der Waals surface area contributed by atoms with Crippen LogP contribution in [0.1, 0.15) is 24.8 Å². The van der Waals surface area contributed by atoms with Gasteiger partial charge in [-0.2, -0.15) is 0 Å². The average Bonchev–Trinajstić information content (AvgIpc) is 2.36. The van der Waals surface area contributed by atoms with Gasteiger partial charge in [0.05, 0.1) is 0 Å². The van der Waals surface area contributed by atoms with Crippen molar-refractivity contribution in [2.24, 2.45) is 0 Å². The van der Waals surface area contributed by atoms with Crippen LogP contribution in [0.4, 0.5) is 5.69 Å². The zero-order valence-electron chi connectivity index (χ0n) is 9.83. The van der Waals surface area contributed by atoms with Crippen molar-refractivity contribution in [3.8, 4) is 0 Å². The average molecular weight is 298 g/mol. The van der Waals surface area contributed by atoms with E-state index in [1.165, 1.54) is 0 Å². The van der Waals surface area contributed by atoms with Gasteiger partial charge in [-0.3, -0.25) is 4.79 Å². The fraction of sp³-hybridized carbons (Fsp3) is 0.462. The molecule has 17 heavy (non-hydrogen) atoms. The van der Waals surface area contributed by atoms with Gasteiger partial charge < -0.3 is 10.1 Å². The van der Waals surface area contributed by atoms with Crippen LogP contribution >= 0.6 is 15.9 Å². The van der Waals surface area contributed by atoms with Gasteiger partial charge >= 0.3 is 0 Å². The Kier molecular flexibility index (Phi) is 4.18. The first-order valence-corrected chi connectivity index (χ1v) is 6.65. The smallest absolute Gasteiger partial charge is 0.253 e. The summed E-state index contributed by atoms with van der Waals surface area (Å²) in [7, 11) is 0. The van der Waals surface area contributed by atoms with Gasteiger partial charge in [0.15, 0.2) is 0 Å². The molecule has 1 aliphatic rings. The minimum atomic E-state index is -0.290. The van der Waals surface area contributed by atoms with Crippen molar-refractivity contribution in [2.45, 2.75) is 32.3 Å². The van der Waals surface area contributed by atoms with Crippen LogP contribution < -0.4 is 5.32 Å². The first-order valence-electron chi connectivity index (χ1n) is 5.86. The molecule has 2 rings (SSSR count). The maximum absolute atomic E-state index is 12.0. The Labute approximate surface area is 110 Å². The molecule has 0 aliphatic carbocycles. The summed E-state index contributed by atoms with van der Waals surface area (Å²) in [6.45, 7) is 2.66. The molecule has 1 N–H and O–H groups in total. The van der Waals surface area contributed by atoms with Gasteiger partial charge in [0.25, 0.3) is 5.91 Å². The van der Waals surface area contributed by atoms with Gasteiger partial charge in [-0.15, -0.1) is 0 Å². The van der Waals surface area contributed by atoms with E-state index in [1.54, 1.807) is 0 Å². The summed E-state index contributed by atoms with van der Waals surface area (Å²) in [6, 6.07) is 5.78. The summed E-state index contributed by atoms with van der Waals surface area (Å²) in [4.78, 5) is 12.0. The number of hydrogen-bond donors (Lipinski definition) is 1. The Balaban J connectivity index is 2.04. The lowest BCUT2D eigenvalue weighted by Crippen LogP contribution is -2.33. The number of benzene rings is 1. The molecule has 0 saturated carbocycles. The minimum Gasteiger partial charge on any atom is -0.368 e. The summed E-state index contributed by atoms with van der Waals surface area (Å²) in [5, 5.41) is 2.93. The van der Waals surface area contributed by atoms with Gasteiger partial charge in [-0.05, 0) is 43.9 Å². The summed E-state index contributed by atoms with van der Waals surface area (Å²) in [5.41, 5.74) is 1.88. The zero-order chi connectivity index (χ0) is 12.3. The Morgan fingerprint density at radius 3 is 3.00 bits per heavy atom. The van der Waals surface area contributed by atoms with E-state index in [9.17, 15) is 4.79 Å². The van der Waals surface area contributed by atoms with E-state index >= 15 is 0 Å². The molecule has 1 amide bonds. The highest BCUT2D eigenvalue weighted by molar-refractivity contribution is 9.10. The molecule has 1 heterocycles. The SMILES string of the molecule is Cc1c(Br)cccc1NC(=O)C1CCCCO1. The zero-order valence-corrected chi connectivity index (χ0v) is 11.4. The molecule has 0 aromatic heterocycles. The number of anilines is 1. The molecule has 1 aromatic carbocycles. The Bertz CT molecular complexity index is 414. The maximum Gasteiger partial charge on any atom is 0.253 e. The molecule has 1 aromatic rings. The molecule has 1 aliphatic heterocycles. The van der Waals surface area contributed by atoms with Gasteiger partial charge in [0.1, 0.15) is 6.10 Å². The normalized spacial score (nSPS) is 20.0. The molecule has 0 radical (unpaired) electrons. The number of nitrogens with one attached hydrogen (secondary N) is 1. The van der Waals surface area contributed by atoms with Crippen LogP contribution in [0, 0.1) is 6.92 Å². The molecule has 0 bridgehead atoms. The molecule has 0 spiro atoms. The van der Waals surface area contributed by atoms with E-state index in [1.807, 2.05) is 25.1 Å². The molecule has 92 valence electrons. The van der Waals surface area contributed by atoms with Crippen LogP contribution in [0.15, 0.2) is 22.7 Å². The van der Waals surface area contributed by atoms with Gasteiger partial charge in [-0.25, -0.2) is 0 Å². The molecule has 4 heteroatoms. The largest absolute Gasteiger partial charge is 0.368 e.